The monoisotopic (exact) mass is 584 g/mol. The first-order valence-electron chi connectivity index (χ1n) is 10.6. The molecular weight excluding hydrogens is 569 g/mol. The topological polar surface area (TPSA) is 170 Å². The zero-order valence-corrected chi connectivity index (χ0v) is 21.7. The van der Waals surface area contributed by atoms with Crippen LogP contribution in [0.4, 0.5) is 20.4 Å². The number of nitrogens with two attached hydrogens (primary N) is 1. The van der Waals surface area contributed by atoms with Crippen molar-refractivity contribution >= 4 is 61.7 Å². The van der Waals surface area contributed by atoms with Gasteiger partial charge < -0.3 is 10.8 Å². The summed E-state index contributed by atoms with van der Waals surface area (Å²) in [6.45, 7) is 2.96. The summed E-state index contributed by atoms with van der Waals surface area (Å²) < 4.78 is 59.5. The van der Waals surface area contributed by atoms with Crippen LogP contribution in [0.5, 0.6) is 0 Å². The maximum Gasteiger partial charge on any atom is 0.337 e. The lowest BCUT2D eigenvalue weighted by atomic mass is 10.1. The van der Waals surface area contributed by atoms with E-state index < -0.39 is 60.0 Å². The van der Waals surface area contributed by atoms with Crippen LogP contribution in [0.25, 0.3) is 16.6 Å². The Kier molecular flexibility index (Phi) is 6.99. The predicted octanol–water partition coefficient (Wildman–Crippen LogP) is 3.71. The van der Waals surface area contributed by atoms with Crippen LogP contribution in [-0.4, -0.2) is 39.2 Å². The van der Waals surface area contributed by atoms with E-state index in [0.29, 0.717) is 10.7 Å². The third-order valence-corrected chi connectivity index (χ3v) is 7.79. The molecule has 0 radical (unpaired) electrons. The van der Waals surface area contributed by atoms with Gasteiger partial charge in [-0.05, 0) is 37.1 Å². The Morgan fingerprint density at radius 1 is 1.26 bits per heavy atom. The summed E-state index contributed by atoms with van der Waals surface area (Å²) in [6, 6.07) is 2.49. The summed E-state index contributed by atoms with van der Waals surface area (Å²) >= 11 is 12.2. The SMILES string of the molecule is CCc1c(Cl)cc(C(=O)O)c(Cl)c1S(=O)(=O)Nc1ccc(F)c(-n2nc(C)c3nc(N)ncc3c2=O)c1F. The summed E-state index contributed by atoms with van der Waals surface area (Å²) in [6.07, 6.45) is 1.09. The van der Waals surface area contributed by atoms with Gasteiger partial charge in [0.1, 0.15) is 16.1 Å². The van der Waals surface area contributed by atoms with Gasteiger partial charge in [-0.15, -0.1) is 0 Å². The Balaban J connectivity index is 1.92. The highest BCUT2D eigenvalue weighted by molar-refractivity contribution is 7.93. The van der Waals surface area contributed by atoms with Crippen LogP contribution in [0.3, 0.4) is 0 Å². The Morgan fingerprint density at radius 3 is 2.58 bits per heavy atom. The molecule has 0 aliphatic heterocycles. The number of rotatable bonds is 6. The normalized spacial score (nSPS) is 11.6. The molecule has 0 saturated carbocycles. The van der Waals surface area contributed by atoms with Gasteiger partial charge in [0.25, 0.3) is 15.6 Å². The summed E-state index contributed by atoms with van der Waals surface area (Å²) in [5.41, 5.74) is 2.29. The van der Waals surface area contributed by atoms with Gasteiger partial charge in [-0.25, -0.2) is 32.0 Å². The molecule has 4 N–H and O–H groups in total. The lowest BCUT2D eigenvalue weighted by molar-refractivity contribution is 0.0696. The van der Waals surface area contributed by atoms with Gasteiger partial charge in [0.15, 0.2) is 11.6 Å². The number of aromatic nitrogens is 4. The van der Waals surface area contributed by atoms with Crippen LogP contribution in [0.1, 0.15) is 28.5 Å². The fraction of sp³-hybridized carbons (Fsp3) is 0.136. The number of sulfonamides is 1. The van der Waals surface area contributed by atoms with E-state index >= 15 is 4.39 Å². The molecule has 0 saturated heterocycles. The molecule has 4 aromatic rings. The van der Waals surface area contributed by atoms with E-state index in [0.717, 1.165) is 18.3 Å². The highest BCUT2D eigenvalue weighted by Crippen LogP contribution is 2.36. The van der Waals surface area contributed by atoms with Gasteiger partial charge in [0.2, 0.25) is 5.95 Å². The molecule has 38 heavy (non-hydrogen) atoms. The molecule has 0 fully saturated rings. The van der Waals surface area contributed by atoms with E-state index in [-0.39, 0.29) is 39.6 Å². The van der Waals surface area contributed by atoms with E-state index in [1.807, 2.05) is 4.72 Å². The highest BCUT2D eigenvalue weighted by atomic mass is 35.5. The summed E-state index contributed by atoms with van der Waals surface area (Å²) in [5, 5.41) is 12.3. The molecule has 0 atom stereocenters. The minimum atomic E-state index is -4.79. The van der Waals surface area contributed by atoms with Crippen molar-refractivity contribution < 1.29 is 27.1 Å². The second kappa shape index (κ2) is 9.78. The van der Waals surface area contributed by atoms with Gasteiger partial charge >= 0.3 is 5.97 Å². The molecule has 2 heterocycles. The van der Waals surface area contributed by atoms with Crippen LogP contribution in [0, 0.1) is 18.6 Å². The minimum Gasteiger partial charge on any atom is -0.478 e. The number of nitrogen functional groups attached to an aromatic ring is 1. The molecule has 2 aromatic carbocycles. The number of carboxylic acid groups (broad SMARTS) is 1. The Labute approximate surface area is 222 Å². The number of halogens is 4. The standard InChI is InChI=1S/C22H16Cl2F2N6O5S/c1-3-9-12(23)6-10(21(34)35)15(24)19(9)38(36,37)31-14-5-4-13(25)18(16(14)26)32-20(33)11-7-28-22(27)29-17(11)8(2)30-32/h4-7,31H,3H2,1-2H3,(H,34,35)(H2,27,28,29). The number of nitrogens with one attached hydrogen (secondary N) is 1. The lowest BCUT2D eigenvalue weighted by Crippen LogP contribution is -2.26. The Morgan fingerprint density at radius 2 is 1.95 bits per heavy atom. The molecule has 0 aliphatic rings. The van der Waals surface area contributed by atoms with E-state index in [9.17, 15) is 27.5 Å². The number of aryl methyl sites for hydroxylation is 1. The van der Waals surface area contributed by atoms with Crippen LogP contribution >= 0.6 is 23.2 Å². The second-order valence-electron chi connectivity index (χ2n) is 7.84. The number of benzene rings is 2. The number of hydrogen-bond donors (Lipinski definition) is 3. The largest absolute Gasteiger partial charge is 0.478 e. The van der Waals surface area contributed by atoms with Gasteiger partial charge in [0.05, 0.1) is 27.4 Å². The van der Waals surface area contributed by atoms with Crippen LogP contribution in [-0.2, 0) is 16.4 Å². The third kappa shape index (κ3) is 4.50. The third-order valence-electron chi connectivity index (χ3n) is 5.47. The molecule has 11 nitrogen and oxygen atoms in total. The minimum absolute atomic E-state index is 0.0219. The van der Waals surface area contributed by atoms with Gasteiger partial charge in [-0.3, -0.25) is 9.52 Å². The predicted molar refractivity (Wildman–Crippen MR) is 136 cm³/mol. The number of carboxylic acids is 1. The number of anilines is 2. The summed E-state index contributed by atoms with van der Waals surface area (Å²) in [4.78, 5) is 31.5. The molecular formula is C22H16Cl2F2N6O5S. The van der Waals surface area contributed by atoms with Gasteiger partial charge in [0, 0.05) is 11.2 Å². The fourth-order valence-corrected chi connectivity index (χ4v) is 6.17. The highest BCUT2D eigenvalue weighted by Gasteiger charge is 2.30. The second-order valence-corrected chi connectivity index (χ2v) is 10.2. The zero-order chi connectivity index (χ0) is 28.1. The maximum atomic E-state index is 15.6. The molecule has 0 amide bonds. The van der Waals surface area contributed by atoms with Crippen molar-refractivity contribution in [1.29, 1.82) is 0 Å². The molecule has 4 rings (SSSR count). The number of fused-ring (bicyclic) bond motifs is 1. The van der Waals surface area contributed by atoms with Crippen molar-refractivity contribution in [2.45, 2.75) is 25.2 Å². The fourth-order valence-electron chi connectivity index (χ4n) is 3.75. The average molecular weight is 585 g/mol. The average Bonchev–Trinajstić information content (AvgIpc) is 2.84. The summed E-state index contributed by atoms with van der Waals surface area (Å²) in [7, 11) is -4.79. The van der Waals surface area contributed by atoms with Crippen LogP contribution < -0.4 is 16.0 Å². The van der Waals surface area contributed by atoms with Crippen molar-refractivity contribution in [3.63, 3.8) is 0 Å². The molecule has 16 heteroatoms. The molecule has 0 unspecified atom stereocenters. The molecule has 0 bridgehead atoms. The van der Waals surface area contributed by atoms with E-state index in [2.05, 4.69) is 15.1 Å². The van der Waals surface area contributed by atoms with Crippen molar-refractivity contribution in [1.82, 2.24) is 19.7 Å². The number of aromatic carboxylic acids is 1. The molecule has 0 spiro atoms. The first kappa shape index (κ1) is 27.2. The van der Waals surface area contributed by atoms with Crippen molar-refractivity contribution in [3.8, 4) is 5.69 Å². The summed E-state index contributed by atoms with van der Waals surface area (Å²) in [5.74, 6) is -4.43. The van der Waals surface area contributed by atoms with Crippen LogP contribution in [0.15, 0.2) is 34.1 Å². The van der Waals surface area contributed by atoms with Gasteiger partial charge in [-0.1, -0.05) is 30.1 Å². The van der Waals surface area contributed by atoms with Crippen molar-refractivity contribution in [2.75, 3.05) is 10.5 Å². The zero-order valence-electron chi connectivity index (χ0n) is 19.4. The van der Waals surface area contributed by atoms with Crippen LogP contribution in [0.2, 0.25) is 10.0 Å². The van der Waals surface area contributed by atoms with Crippen molar-refractivity contribution in [3.05, 3.63) is 73.3 Å². The first-order chi connectivity index (χ1) is 17.8. The van der Waals surface area contributed by atoms with E-state index in [1.54, 1.807) is 6.92 Å². The van der Waals surface area contributed by atoms with E-state index in [1.165, 1.54) is 6.92 Å². The number of hydrogen-bond acceptors (Lipinski definition) is 8. The van der Waals surface area contributed by atoms with Gasteiger partial charge in [-0.2, -0.15) is 9.78 Å². The molecule has 0 aliphatic carbocycles. The van der Waals surface area contributed by atoms with Crippen molar-refractivity contribution in [2.24, 2.45) is 0 Å². The maximum absolute atomic E-state index is 15.6. The molecule has 198 valence electrons. The lowest BCUT2D eigenvalue weighted by Gasteiger charge is -2.17. The Bertz CT molecular complexity index is 1830. The quantitative estimate of drug-likeness (QED) is 0.305. The first-order valence-corrected chi connectivity index (χ1v) is 12.8. The smallest absolute Gasteiger partial charge is 0.337 e. The Hall–Kier alpha value is -3.88. The number of nitrogens with zero attached hydrogens (tertiary/aromatic N) is 4. The van der Waals surface area contributed by atoms with E-state index in [4.69, 9.17) is 28.9 Å². The molecule has 2 aromatic heterocycles. The number of carbonyl (C=O) groups is 1.